The second kappa shape index (κ2) is 6.97. The highest BCUT2D eigenvalue weighted by Crippen LogP contribution is 2.22. The SMILES string of the molecule is Cc1cc(CNC(C)Cc2ccc(Cl)cc2)cc(C)c1O. The summed E-state index contributed by atoms with van der Waals surface area (Å²) in [5.74, 6) is 0.396. The molecule has 0 bridgehead atoms. The van der Waals surface area contributed by atoms with E-state index in [0.29, 0.717) is 11.8 Å². The van der Waals surface area contributed by atoms with Gasteiger partial charge in [0.25, 0.3) is 0 Å². The molecule has 0 aliphatic carbocycles. The van der Waals surface area contributed by atoms with Crippen LogP contribution in [0.15, 0.2) is 36.4 Å². The van der Waals surface area contributed by atoms with Crippen molar-refractivity contribution in [1.82, 2.24) is 5.32 Å². The molecular weight excluding hydrogens is 282 g/mol. The van der Waals surface area contributed by atoms with Crippen molar-refractivity contribution in [3.05, 3.63) is 63.7 Å². The number of hydrogen-bond donors (Lipinski definition) is 2. The number of halogens is 1. The molecule has 0 aromatic heterocycles. The van der Waals surface area contributed by atoms with Gasteiger partial charge in [-0.1, -0.05) is 35.9 Å². The highest BCUT2D eigenvalue weighted by atomic mass is 35.5. The normalized spacial score (nSPS) is 12.4. The Hall–Kier alpha value is -1.51. The maximum atomic E-state index is 9.79. The van der Waals surface area contributed by atoms with Gasteiger partial charge in [-0.2, -0.15) is 0 Å². The first-order valence-corrected chi connectivity index (χ1v) is 7.60. The quantitative estimate of drug-likeness (QED) is 0.859. The third kappa shape index (κ3) is 4.48. The fourth-order valence-corrected chi connectivity index (χ4v) is 2.61. The van der Waals surface area contributed by atoms with Gasteiger partial charge in [0, 0.05) is 17.6 Å². The summed E-state index contributed by atoms with van der Waals surface area (Å²) in [6.07, 6.45) is 0.965. The van der Waals surface area contributed by atoms with Gasteiger partial charge in [0.05, 0.1) is 0 Å². The van der Waals surface area contributed by atoms with Gasteiger partial charge < -0.3 is 10.4 Å². The van der Waals surface area contributed by atoms with Gasteiger partial charge in [0.2, 0.25) is 0 Å². The zero-order valence-corrected chi connectivity index (χ0v) is 13.5. The molecule has 2 aromatic carbocycles. The third-order valence-electron chi connectivity index (χ3n) is 3.66. The summed E-state index contributed by atoms with van der Waals surface area (Å²) in [6, 6.07) is 12.4. The third-order valence-corrected chi connectivity index (χ3v) is 3.91. The molecule has 1 unspecified atom stereocenters. The number of phenols is 1. The maximum Gasteiger partial charge on any atom is 0.121 e. The van der Waals surface area contributed by atoms with Gasteiger partial charge in [-0.3, -0.25) is 0 Å². The first-order valence-electron chi connectivity index (χ1n) is 7.22. The molecule has 112 valence electrons. The maximum absolute atomic E-state index is 9.79. The molecule has 0 aliphatic heterocycles. The predicted octanol–water partition coefficient (Wildman–Crippen LogP) is 4.38. The van der Waals surface area contributed by atoms with Crippen LogP contribution >= 0.6 is 11.6 Å². The van der Waals surface area contributed by atoms with Crippen LogP contribution in [-0.4, -0.2) is 11.1 Å². The fraction of sp³-hybridized carbons (Fsp3) is 0.333. The second-order valence-corrected chi connectivity index (χ2v) is 6.13. The van der Waals surface area contributed by atoms with Crippen LogP contribution in [0.2, 0.25) is 5.02 Å². The van der Waals surface area contributed by atoms with Crippen LogP contribution in [0.4, 0.5) is 0 Å². The molecule has 0 aliphatic rings. The lowest BCUT2D eigenvalue weighted by atomic mass is 10.0. The van der Waals surface area contributed by atoms with Crippen LogP contribution in [-0.2, 0) is 13.0 Å². The molecular formula is C18H22ClNO. The lowest BCUT2D eigenvalue weighted by molar-refractivity contribution is 0.466. The summed E-state index contributed by atoms with van der Waals surface area (Å²) in [4.78, 5) is 0. The van der Waals surface area contributed by atoms with E-state index in [2.05, 4.69) is 24.4 Å². The van der Waals surface area contributed by atoms with Crippen LogP contribution < -0.4 is 5.32 Å². The van der Waals surface area contributed by atoms with Crippen molar-refractivity contribution in [3.63, 3.8) is 0 Å². The van der Waals surface area contributed by atoms with E-state index < -0.39 is 0 Å². The molecule has 1 atom stereocenters. The van der Waals surface area contributed by atoms with Crippen molar-refractivity contribution in [2.75, 3.05) is 0 Å². The van der Waals surface area contributed by atoms with E-state index in [1.807, 2.05) is 38.1 Å². The number of aryl methyl sites for hydroxylation is 2. The van der Waals surface area contributed by atoms with E-state index in [9.17, 15) is 5.11 Å². The standard InChI is InChI=1S/C18H22ClNO/c1-12-8-16(9-13(2)18(12)21)11-20-14(3)10-15-4-6-17(19)7-5-15/h4-9,14,20-21H,10-11H2,1-3H3. The average molecular weight is 304 g/mol. The molecule has 2 nitrogen and oxygen atoms in total. The zero-order chi connectivity index (χ0) is 15.4. The van der Waals surface area contributed by atoms with E-state index in [-0.39, 0.29) is 0 Å². The highest BCUT2D eigenvalue weighted by Gasteiger charge is 2.06. The summed E-state index contributed by atoms with van der Waals surface area (Å²) < 4.78 is 0. The zero-order valence-electron chi connectivity index (χ0n) is 12.8. The number of phenolic OH excluding ortho intramolecular Hbond substituents is 1. The first kappa shape index (κ1) is 15.9. The minimum atomic E-state index is 0.376. The van der Waals surface area contributed by atoms with E-state index >= 15 is 0 Å². The molecule has 0 saturated heterocycles. The topological polar surface area (TPSA) is 32.3 Å². The number of rotatable bonds is 5. The number of hydrogen-bond acceptors (Lipinski definition) is 2. The Kier molecular flexibility index (Phi) is 5.27. The Morgan fingerprint density at radius 3 is 2.19 bits per heavy atom. The van der Waals surface area contributed by atoms with Crippen LogP contribution in [0, 0.1) is 13.8 Å². The van der Waals surface area contributed by atoms with Crippen LogP contribution in [0.25, 0.3) is 0 Å². The van der Waals surface area contributed by atoms with E-state index in [4.69, 9.17) is 11.6 Å². The molecule has 0 heterocycles. The largest absolute Gasteiger partial charge is 0.507 e. The van der Waals surface area contributed by atoms with E-state index in [1.165, 1.54) is 11.1 Å². The molecule has 2 rings (SSSR count). The van der Waals surface area contributed by atoms with Crippen molar-refractivity contribution < 1.29 is 5.11 Å². The van der Waals surface area contributed by atoms with Crippen molar-refractivity contribution in [3.8, 4) is 5.75 Å². The van der Waals surface area contributed by atoms with Gasteiger partial charge in [-0.05, 0) is 61.6 Å². The molecule has 2 aromatic rings. The lowest BCUT2D eigenvalue weighted by Crippen LogP contribution is -2.27. The van der Waals surface area contributed by atoms with Gasteiger partial charge in [0.1, 0.15) is 5.75 Å². The summed E-state index contributed by atoms with van der Waals surface area (Å²) >= 11 is 5.90. The van der Waals surface area contributed by atoms with E-state index in [0.717, 1.165) is 29.1 Å². The van der Waals surface area contributed by atoms with Gasteiger partial charge in [-0.25, -0.2) is 0 Å². The van der Waals surface area contributed by atoms with Gasteiger partial charge in [0.15, 0.2) is 0 Å². The highest BCUT2D eigenvalue weighted by molar-refractivity contribution is 6.30. The van der Waals surface area contributed by atoms with Gasteiger partial charge in [-0.15, -0.1) is 0 Å². The Balaban J connectivity index is 1.92. The molecule has 21 heavy (non-hydrogen) atoms. The predicted molar refractivity (Wildman–Crippen MR) is 89.0 cm³/mol. The fourth-order valence-electron chi connectivity index (χ4n) is 2.49. The summed E-state index contributed by atoms with van der Waals surface area (Å²) in [6.45, 7) is 6.84. The molecule has 0 saturated carbocycles. The van der Waals surface area contributed by atoms with Crippen LogP contribution in [0.5, 0.6) is 5.75 Å². The Bertz CT molecular complexity index is 584. The summed E-state index contributed by atoms with van der Waals surface area (Å²) in [7, 11) is 0. The lowest BCUT2D eigenvalue weighted by Gasteiger charge is -2.15. The molecule has 2 N–H and O–H groups in total. The molecule has 0 spiro atoms. The number of benzene rings is 2. The summed E-state index contributed by atoms with van der Waals surface area (Å²) in [5, 5.41) is 14.1. The Morgan fingerprint density at radius 2 is 1.62 bits per heavy atom. The van der Waals surface area contributed by atoms with Gasteiger partial charge >= 0.3 is 0 Å². The molecule has 0 fully saturated rings. The molecule has 3 heteroatoms. The van der Waals surface area contributed by atoms with Crippen molar-refractivity contribution >= 4 is 11.6 Å². The summed E-state index contributed by atoms with van der Waals surface area (Å²) in [5.41, 5.74) is 4.33. The monoisotopic (exact) mass is 303 g/mol. The molecule has 0 amide bonds. The first-order chi connectivity index (χ1) is 9.95. The van der Waals surface area contributed by atoms with Crippen LogP contribution in [0.1, 0.15) is 29.2 Å². The Morgan fingerprint density at radius 1 is 1.05 bits per heavy atom. The number of aromatic hydroxyl groups is 1. The van der Waals surface area contributed by atoms with Crippen LogP contribution in [0.3, 0.4) is 0 Å². The number of nitrogens with one attached hydrogen (secondary N) is 1. The minimum absolute atomic E-state index is 0.376. The second-order valence-electron chi connectivity index (χ2n) is 5.69. The van der Waals surface area contributed by atoms with Crippen molar-refractivity contribution in [1.29, 1.82) is 0 Å². The smallest absolute Gasteiger partial charge is 0.121 e. The molecule has 0 radical (unpaired) electrons. The van der Waals surface area contributed by atoms with Crippen molar-refractivity contribution in [2.45, 2.75) is 39.8 Å². The van der Waals surface area contributed by atoms with Crippen molar-refractivity contribution in [2.24, 2.45) is 0 Å². The average Bonchev–Trinajstić information content (AvgIpc) is 2.45. The van der Waals surface area contributed by atoms with E-state index in [1.54, 1.807) is 0 Å². The minimum Gasteiger partial charge on any atom is -0.507 e. The Labute approximate surface area is 131 Å².